The van der Waals surface area contributed by atoms with Crippen molar-refractivity contribution in [2.24, 2.45) is 0 Å². The van der Waals surface area contributed by atoms with Gasteiger partial charge in [-0.15, -0.1) is 0 Å². The highest BCUT2D eigenvalue weighted by atomic mass is 35.5. The van der Waals surface area contributed by atoms with E-state index in [2.05, 4.69) is 5.32 Å². The summed E-state index contributed by atoms with van der Waals surface area (Å²) >= 11 is 6.14. The minimum atomic E-state index is -0.457. The normalized spacial score (nSPS) is 19.9. The molecule has 2 rings (SSSR count). The van der Waals surface area contributed by atoms with Gasteiger partial charge in [-0.3, -0.25) is 14.5 Å². The number of anilines is 1. The molecule has 1 heterocycles. The van der Waals surface area contributed by atoms with Gasteiger partial charge >= 0.3 is 0 Å². The first-order chi connectivity index (χ1) is 8.54. The number of carbonyl (C=O) groups excluding carboxylic acids is 2. The Balaban J connectivity index is 2.42. The smallest absolute Gasteiger partial charge is 0.250 e. The third-order valence-electron chi connectivity index (χ3n) is 3.07. The van der Waals surface area contributed by atoms with Gasteiger partial charge in [-0.25, -0.2) is 0 Å². The summed E-state index contributed by atoms with van der Waals surface area (Å²) in [5.74, 6) is -0.255. The van der Waals surface area contributed by atoms with E-state index in [1.165, 1.54) is 4.90 Å². The fourth-order valence-electron chi connectivity index (χ4n) is 2.14. The van der Waals surface area contributed by atoms with Gasteiger partial charge in [0.1, 0.15) is 12.6 Å². The highest BCUT2D eigenvalue weighted by Gasteiger charge is 2.33. The second kappa shape index (κ2) is 4.98. The first-order valence-corrected chi connectivity index (χ1v) is 6.28. The number of hydrogen-bond acceptors (Lipinski definition) is 2. The van der Waals surface area contributed by atoms with Gasteiger partial charge in [0.15, 0.2) is 0 Å². The Labute approximate surface area is 111 Å². The van der Waals surface area contributed by atoms with E-state index >= 15 is 0 Å². The minimum absolute atomic E-state index is 0.0277. The first-order valence-electron chi connectivity index (χ1n) is 5.90. The van der Waals surface area contributed by atoms with E-state index in [0.717, 1.165) is 5.56 Å². The molecule has 1 saturated heterocycles. The van der Waals surface area contributed by atoms with E-state index in [1.807, 2.05) is 26.0 Å². The van der Waals surface area contributed by atoms with Crippen molar-refractivity contribution in [1.82, 2.24) is 5.32 Å². The maximum absolute atomic E-state index is 12.3. The fraction of sp³-hybridized carbons (Fsp3) is 0.385. The monoisotopic (exact) mass is 266 g/mol. The summed E-state index contributed by atoms with van der Waals surface area (Å²) in [6, 6.07) is 4.97. The van der Waals surface area contributed by atoms with Crippen LogP contribution in [0.1, 0.15) is 18.9 Å². The Morgan fingerprint density at radius 2 is 2.17 bits per heavy atom. The Morgan fingerprint density at radius 1 is 1.44 bits per heavy atom. The highest BCUT2D eigenvalue weighted by molar-refractivity contribution is 6.34. The number of amides is 2. The number of carbonyl (C=O) groups is 2. The molecule has 18 heavy (non-hydrogen) atoms. The first kappa shape index (κ1) is 12.9. The molecule has 0 aliphatic carbocycles. The minimum Gasteiger partial charge on any atom is -0.343 e. The molecule has 0 saturated carbocycles. The average molecular weight is 267 g/mol. The Hall–Kier alpha value is -1.55. The molecule has 1 N–H and O–H groups in total. The van der Waals surface area contributed by atoms with Crippen LogP contribution in [0.3, 0.4) is 0 Å². The van der Waals surface area contributed by atoms with Crippen molar-refractivity contribution in [3.8, 4) is 0 Å². The van der Waals surface area contributed by atoms with Crippen LogP contribution in [0.2, 0.25) is 5.02 Å². The number of para-hydroxylation sites is 1. The molecule has 0 bridgehead atoms. The molecule has 2 amide bonds. The lowest BCUT2D eigenvalue weighted by Crippen LogP contribution is -2.58. The SMILES string of the molecule is CCC1NC(=O)CN(c2c(C)cccc2Cl)C1=O. The topological polar surface area (TPSA) is 49.4 Å². The van der Waals surface area contributed by atoms with Crippen LogP contribution in [-0.2, 0) is 9.59 Å². The maximum atomic E-state index is 12.3. The van der Waals surface area contributed by atoms with Crippen molar-refractivity contribution in [2.75, 3.05) is 11.4 Å². The van der Waals surface area contributed by atoms with Crippen LogP contribution in [0.4, 0.5) is 5.69 Å². The van der Waals surface area contributed by atoms with E-state index in [4.69, 9.17) is 11.6 Å². The van der Waals surface area contributed by atoms with Crippen LogP contribution in [0.25, 0.3) is 0 Å². The standard InChI is InChI=1S/C13H15ClN2O2/c1-3-10-13(18)16(7-11(17)15-10)12-8(2)5-4-6-9(12)14/h4-6,10H,3,7H2,1-2H3,(H,15,17). The molecule has 1 aliphatic heterocycles. The van der Waals surface area contributed by atoms with Gasteiger partial charge in [0.2, 0.25) is 11.8 Å². The second-order valence-corrected chi connectivity index (χ2v) is 4.77. The fourth-order valence-corrected chi connectivity index (χ4v) is 2.47. The predicted molar refractivity (Wildman–Crippen MR) is 70.8 cm³/mol. The number of piperazine rings is 1. The summed E-state index contributed by atoms with van der Waals surface area (Å²) in [7, 11) is 0. The van der Waals surface area contributed by atoms with Crippen LogP contribution in [0, 0.1) is 6.92 Å². The van der Waals surface area contributed by atoms with Gasteiger partial charge < -0.3 is 5.32 Å². The summed E-state index contributed by atoms with van der Waals surface area (Å²) in [5, 5.41) is 3.17. The molecule has 0 radical (unpaired) electrons. The number of aryl methyl sites for hydroxylation is 1. The molecule has 96 valence electrons. The summed E-state index contributed by atoms with van der Waals surface area (Å²) in [6.45, 7) is 3.77. The quantitative estimate of drug-likeness (QED) is 0.889. The number of hydrogen-bond donors (Lipinski definition) is 1. The molecule has 1 aromatic rings. The summed E-state index contributed by atoms with van der Waals surface area (Å²) in [6.07, 6.45) is 0.574. The molecule has 4 nitrogen and oxygen atoms in total. The zero-order chi connectivity index (χ0) is 13.3. The zero-order valence-corrected chi connectivity index (χ0v) is 11.1. The third-order valence-corrected chi connectivity index (χ3v) is 3.37. The summed E-state index contributed by atoms with van der Waals surface area (Å²) < 4.78 is 0. The van der Waals surface area contributed by atoms with E-state index < -0.39 is 6.04 Å². The summed E-state index contributed by atoms with van der Waals surface area (Å²) in [5.41, 5.74) is 1.53. The number of benzene rings is 1. The third kappa shape index (κ3) is 2.20. The lowest BCUT2D eigenvalue weighted by atomic mass is 10.1. The van der Waals surface area contributed by atoms with Crippen molar-refractivity contribution in [1.29, 1.82) is 0 Å². The number of halogens is 1. The largest absolute Gasteiger partial charge is 0.343 e. The van der Waals surface area contributed by atoms with Gasteiger partial charge in [-0.05, 0) is 25.0 Å². The van der Waals surface area contributed by atoms with E-state index in [9.17, 15) is 9.59 Å². The van der Waals surface area contributed by atoms with Gasteiger partial charge in [0, 0.05) is 0 Å². The van der Waals surface area contributed by atoms with Crippen LogP contribution in [-0.4, -0.2) is 24.4 Å². The van der Waals surface area contributed by atoms with E-state index in [0.29, 0.717) is 17.1 Å². The molecule has 0 spiro atoms. The van der Waals surface area contributed by atoms with Crippen molar-refractivity contribution in [2.45, 2.75) is 26.3 Å². The van der Waals surface area contributed by atoms with Gasteiger partial charge in [-0.2, -0.15) is 0 Å². The van der Waals surface area contributed by atoms with E-state index in [1.54, 1.807) is 6.07 Å². The molecule has 0 aromatic heterocycles. The van der Waals surface area contributed by atoms with Gasteiger partial charge in [0.25, 0.3) is 0 Å². The number of rotatable bonds is 2. The molecule has 1 aliphatic rings. The van der Waals surface area contributed by atoms with Crippen LogP contribution in [0.15, 0.2) is 18.2 Å². The van der Waals surface area contributed by atoms with Crippen molar-refractivity contribution >= 4 is 29.1 Å². The van der Waals surface area contributed by atoms with Crippen LogP contribution >= 0.6 is 11.6 Å². The highest BCUT2D eigenvalue weighted by Crippen LogP contribution is 2.30. The summed E-state index contributed by atoms with van der Waals surface area (Å²) in [4.78, 5) is 25.4. The average Bonchev–Trinajstić information content (AvgIpc) is 2.32. The van der Waals surface area contributed by atoms with Crippen LogP contribution in [0.5, 0.6) is 0 Å². The Bertz CT molecular complexity index is 482. The lowest BCUT2D eigenvalue weighted by molar-refractivity contribution is -0.131. The van der Waals surface area contributed by atoms with Crippen molar-refractivity contribution < 1.29 is 9.59 Å². The Kier molecular flexibility index (Phi) is 3.57. The molecule has 1 atom stereocenters. The Morgan fingerprint density at radius 3 is 2.78 bits per heavy atom. The number of nitrogens with one attached hydrogen (secondary N) is 1. The van der Waals surface area contributed by atoms with Crippen LogP contribution < -0.4 is 10.2 Å². The molecule has 1 aromatic carbocycles. The molecular formula is C13H15ClN2O2. The van der Waals surface area contributed by atoms with E-state index in [-0.39, 0.29) is 18.4 Å². The lowest BCUT2D eigenvalue weighted by Gasteiger charge is -2.33. The molecule has 1 unspecified atom stereocenters. The van der Waals surface area contributed by atoms with Gasteiger partial charge in [0.05, 0.1) is 10.7 Å². The maximum Gasteiger partial charge on any atom is 0.250 e. The predicted octanol–water partition coefficient (Wildman–Crippen LogP) is 1.89. The van der Waals surface area contributed by atoms with Gasteiger partial charge in [-0.1, -0.05) is 30.7 Å². The molecular weight excluding hydrogens is 252 g/mol. The molecule has 5 heteroatoms. The number of nitrogens with zero attached hydrogens (tertiary/aromatic N) is 1. The van der Waals surface area contributed by atoms with Crippen molar-refractivity contribution in [3.05, 3.63) is 28.8 Å². The molecule has 1 fully saturated rings. The zero-order valence-electron chi connectivity index (χ0n) is 10.4. The van der Waals surface area contributed by atoms with Crippen molar-refractivity contribution in [3.63, 3.8) is 0 Å². The second-order valence-electron chi connectivity index (χ2n) is 4.36.